The first-order valence-corrected chi connectivity index (χ1v) is 4.04. The van der Waals surface area contributed by atoms with Crippen molar-refractivity contribution in [1.29, 1.82) is 0 Å². The Morgan fingerprint density at radius 3 is 2.33 bits per heavy atom. The summed E-state index contributed by atoms with van der Waals surface area (Å²) in [5.41, 5.74) is 0. The Balaban J connectivity index is 3.35. The second kappa shape index (κ2) is 7.70. The van der Waals surface area contributed by atoms with Crippen molar-refractivity contribution in [2.24, 2.45) is 0 Å². The van der Waals surface area contributed by atoms with Gasteiger partial charge in [0.05, 0.1) is 0 Å². The fraction of sp³-hybridized carbons (Fsp3) is 0.250. The molecule has 0 atom stereocenters. The average molecular weight is 187 g/mol. The molecule has 0 bridgehead atoms. The number of hydrogen-bond donors (Lipinski definition) is 0. The van der Waals surface area contributed by atoms with E-state index in [-0.39, 0.29) is 0 Å². The van der Waals surface area contributed by atoms with Gasteiger partial charge in [0.25, 0.3) is 0 Å². The van der Waals surface area contributed by atoms with Gasteiger partial charge < -0.3 is 0 Å². The van der Waals surface area contributed by atoms with Gasteiger partial charge in [-0.1, -0.05) is 52.4 Å². The van der Waals surface area contributed by atoms with Crippen LogP contribution < -0.4 is 0 Å². The van der Waals surface area contributed by atoms with E-state index in [2.05, 4.69) is 15.9 Å². The zero-order chi connectivity index (χ0) is 6.95. The summed E-state index contributed by atoms with van der Waals surface area (Å²) < 4.78 is 0. The summed E-state index contributed by atoms with van der Waals surface area (Å²) in [7, 11) is 0. The van der Waals surface area contributed by atoms with Crippen LogP contribution in [0.1, 0.15) is 6.92 Å². The second-order valence-corrected chi connectivity index (χ2v) is 2.14. The third-order valence-electron chi connectivity index (χ3n) is 0.751. The summed E-state index contributed by atoms with van der Waals surface area (Å²) in [6, 6.07) is 0. The molecule has 0 saturated carbocycles. The lowest BCUT2D eigenvalue weighted by molar-refractivity contribution is 1.72. The smallest absolute Gasteiger partial charge is 0.0215 e. The van der Waals surface area contributed by atoms with Crippen LogP contribution in [0.2, 0.25) is 0 Å². The summed E-state index contributed by atoms with van der Waals surface area (Å²) in [5.74, 6) is 0. The number of allylic oxidation sites excluding steroid dienone is 6. The summed E-state index contributed by atoms with van der Waals surface area (Å²) >= 11 is 3.28. The Morgan fingerprint density at radius 2 is 1.78 bits per heavy atom. The lowest BCUT2D eigenvalue weighted by atomic mass is 10.4. The van der Waals surface area contributed by atoms with Gasteiger partial charge in [0.1, 0.15) is 0 Å². The zero-order valence-corrected chi connectivity index (χ0v) is 7.14. The largest absolute Gasteiger partial charge is 0.0883 e. The van der Waals surface area contributed by atoms with E-state index in [4.69, 9.17) is 0 Å². The molecule has 9 heavy (non-hydrogen) atoms. The van der Waals surface area contributed by atoms with Crippen molar-refractivity contribution >= 4 is 15.9 Å². The molecule has 0 unspecified atom stereocenters. The Bertz CT molecular complexity index is 121. The highest BCUT2D eigenvalue weighted by Crippen LogP contribution is 1.83. The number of halogens is 1. The van der Waals surface area contributed by atoms with E-state index in [1.165, 1.54) is 0 Å². The molecule has 0 spiro atoms. The van der Waals surface area contributed by atoms with Crippen LogP contribution >= 0.6 is 15.9 Å². The van der Waals surface area contributed by atoms with Crippen LogP contribution in [-0.2, 0) is 0 Å². The van der Waals surface area contributed by atoms with E-state index in [0.717, 1.165) is 5.33 Å². The SMILES string of the molecule is CC=CC=CC=CCBr. The van der Waals surface area contributed by atoms with E-state index in [9.17, 15) is 0 Å². The molecule has 0 rings (SSSR count). The molecule has 1 heteroatoms. The van der Waals surface area contributed by atoms with Gasteiger partial charge in [-0.05, 0) is 6.92 Å². The third-order valence-corrected chi connectivity index (χ3v) is 1.12. The molecule has 0 fully saturated rings. The average Bonchev–Trinajstić information content (AvgIpc) is 1.89. The topological polar surface area (TPSA) is 0 Å². The highest BCUT2D eigenvalue weighted by atomic mass is 79.9. The van der Waals surface area contributed by atoms with Crippen LogP contribution in [0.5, 0.6) is 0 Å². The van der Waals surface area contributed by atoms with E-state index < -0.39 is 0 Å². The van der Waals surface area contributed by atoms with Gasteiger partial charge in [-0.3, -0.25) is 0 Å². The van der Waals surface area contributed by atoms with Gasteiger partial charge in [0.15, 0.2) is 0 Å². The fourth-order valence-electron chi connectivity index (χ4n) is 0.369. The third kappa shape index (κ3) is 7.70. The Labute approximate surface area is 65.1 Å². The molecule has 0 aliphatic rings. The van der Waals surface area contributed by atoms with Crippen LogP contribution in [-0.4, -0.2) is 5.33 Å². The predicted molar refractivity (Wildman–Crippen MR) is 46.9 cm³/mol. The molecule has 0 nitrogen and oxygen atoms in total. The second-order valence-electron chi connectivity index (χ2n) is 1.49. The first kappa shape index (κ1) is 8.70. The Kier molecular flexibility index (Phi) is 7.44. The van der Waals surface area contributed by atoms with Crippen molar-refractivity contribution < 1.29 is 0 Å². The first-order chi connectivity index (χ1) is 4.41. The zero-order valence-electron chi connectivity index (χ0n) is 5.55. The van der Waals surface area contributed by atoms with Crippen molar-refractivity contribution in [3.05, 3.63) is 36.5 Å². The lowest BCUT2D eigenvalue weighted by Crippen LogP contribution is -1.54. The first-order valence-electron chi connectivity index (χ1n) is 2.92. The summed E-state index contributed by atoms with van der Waals surface area (Å²) in [5, 5.41) is 0.924. The van der Waals surface area contributed by atoms with Gasteiger partial charge in [0.2, 0.25) is 0 Å². The number of rotatable bonds is 3. The minimum Gasteiger partial charge on any atom is -0.0883 e. The standard InChI is InChI=1S/C8H11Br/c1-2-3-4-5-6-7-8-9/h2-7H,8H2,1H3. The molecule has 0 heterocycles. The molecule has 0 aromatic heterocycles. The summed E-state index contributed by atoms with van der Waals surface area (Å²) in [6.07, 6.45) is 12.0. The highest BCUT2D eigenvalue weighted by Gasteiger charge is 1.61. The quantitative estimate of drug-likeness (QED) is 0.470. The lowest BCUT2D eigenvalue weighted by Gasteiger charge is -1.71. The Hall–Kier alpha value is -0.300. The molecule has 0 N–H and O–H groups in total. The van der Waals surface area contributed by atoms with Crippen molar-refractivity contribution in [2.45, 2.75) is 6.92 Å². The van der Waals surface area contributed by atoms with Crippen LogP contribution in [0.4, 0.5) is 0 Å². The maximum Gasteiger partial charge on any atom is 0.0215 e. The molecule has 0 saturated heterocycles. The molecule has 0 aromatic carbocycles. The van der Waals surface area contributed by atoms with E-state index in [1.54, 1.807) is 0 Å². The maximum atomic E-state index is 3.28. The van der Waals surface area contributed by atoms with Crippen molar-refractivity contribution in [2.75, 3.05) is 5.33 Å². The van der Waals surface area contributed by atoms with Gasteiger partial charge in [-0.25, -0.2) is 0 Å². The maximum absolute atomic E-state index is 3.28. The molecule has 50 valence electrons. The molecule has 0 radical (unpaired) electrons. The summed E-state index contributed by atoms with van der Waals surface area (Å²) in [6.45, 7) is 2.00. The highest BCUT2D eigenvalue weighted by molar-refractivity contribution is 9.09. The van der Waals surface area contributed by atoms with Crippen LogP contribution in [0.25, 0.3) is 0 Å². The number of hydrogen-bond acceptors (Lipinski definition) is 0. The van der Waals surface area contributed by atoms with Crippen LogP contribution in [0, 0.1) is 0 Å². The molecular formula is C8H11Br. The van der Waals surface area contributed by atoms with E-state index in [1.807, 2.05) is 43.4 Å². The molecule has 0 aromatic rings. The molecule has 0 amide bonds. The monoisotopic (exact) mass is 186 g/mol. The van der Waals surface area contributed by atoms with E-state index in [0.29, 0.717) is 0 Å². The molecular weight excluding hydrogens is 176 g/mol. The van der Waals surface area contributed by atoms with Crippen LogP contribution in [0.3, 0.4) is 0 Å². The minimum absolute atomic E-state index is 0.924. The normalized spacial score (nSPS) is 12.7. The minimum atomic E-state index is 0.924. The molecule has 0 aliphatic carbocycles. The van der Waals surface area contributed by atoms with Gasteiger partial charge in [0, 0.05) is 5.33 Å². The summed E-state index contributed by atoms with van der Waals surface area (Å²) in [4.78, 5) is 0. The molecule has 0 aliphatic heterocycles. The van der Waals surface area contributed by atoms with Crippen molar-refractivity contribution in [3.63, 3.8) is 0 Å². The van der Waals surface area contributed by atoms with Crippen LogP contribution in [0.15, 0.2) is 36.5 Å². The van der Waals surface area contributed by atoms with E-state index >= 15 is 0 Å². The predicted octanol–water partition coefficient (Wildman–Crippen LogP) is 3.07. The van der Waals surface area contributed by atoms with Crippen molar-refractivity contribution in [1.82, 2.24) is 0 Å². The van der Waals surface area contributed by atoms with Gasteiger partial charge >= 0.3 is 0 Å². The Morgan fingerprint density at radius 1 is 1.11 bits per heavy atom. The van der Waals surface area contributed by atoms with Gasteiger partial charge in [-0.15, -0.1) is 0 Å². The van der Waals surface area contributed by atoms with Crippen molar-refractivity contribution in [3.8, 4) is 0 Å². The number of alkyl halides is 1. The van der Waals surface area contributed by atoms with Gasteiger partial charge in [-0.2, -0.15) is 0 Å². The fourth-order valence-corrected chi connectivity index (χ4v) is 0.585.